The van der Waals surface area contributed by atoms with Crippen LogP contribution in [0.4, 0.5) is 0 Å². The standard InChI is InChI=1S/C14H27N3O2/c1-14(13(15)18,16-12-4-5-12)6-2-3-7-17-8-10-19-11-9-17/h12,16H,2-11H2,1H3,(H2,15,18). The van der Waals surface area contributed by atoms with E-state index in [4.69, 9.17) is 10.5 Å². The van der Waals surface area contributed by atoms with Crippen molar-refractivity contribution in [3.8, 4) is 0 Å². The van der Waals surface area contributed by atoms with Gasteiger partial charge in [0.15, 0.2) is 0 Å². The first-order valence-corrected chi connectivity index (χ1v) is 7.48. The zero-order valence-corrected chi connectivity index (χ0v) is 12.0. The van der Waals surface area contributed by atoms with Crippen LogP contribution in [-0.4, -0.2) is 55.2 Å². The molecule has 1 saturated carbocycles. The summed E-state index contributed by atoms with van der Waals surface area (Å²) in [6, 6.07) is 0.511. The fraction of sp³-hybridized carbons (Fsp3) is 0.929. The van der Waals surface area contributed by atoms with Crippen LogP contribution in [0.1, 0.15) is 39.0 Å². The summed E-state index contributed by atoms with van der Waals surface area (Å²) in [5, 5.41) is 3.40. The Bertz CT molecular complexity index is 301. The summed E-state index contributed by atoms with van der Waals surface area (Å²) < 4.78 is 5.33. The van der Waals surface area contributed by atoms with Gasteiger partial charge in [0.25, 0.3) is 0 Å². The van der Waals surface area contributed by atoms with E-state index >= 15 is 0 Å². The van der Waals surface area contributed by atoms with E-state index in [1.807, 2.05) is 6.92 Å². The van der Waals surface area contributed by atoms with Crippen molar-refractivity contribution in [3.05, 3.63) is 0 Å². The van der Waals surface area contributed by atoms with Crippen molar-refractivity contribution in [1.82, 2.24) is 10.2 Å². The Morgan fingerprint density at radius 2 is 2.05 bits per heavy atom. The predicted molar refractivity (Wildman–Crippen MR) is 74.9 cm³/mol. The van der Waals surface area contributed by atoms with Crippen molar-refractivity contribution in [3.63, 3.8) is 0 Å². The van der Waals surface area contributed by atoms with Gasteiger partial charge in [0, 0.05) is 19.1 Å². The number of hydrogen-bond donors (Lipinski definition) is 2. The fourth-order valence-electron chi connectivity index (χ4n) is 2.58. The van der Waals surface area contributed by atoms with Crippen molar-refractivity contribution >= 4 is 5.91 Å². The van der Waals surface area contributed by atoms with Gasteiger partial charge in [0.1, 0.15) is 0 Å². The highest BCUT2D eigenvalue weighted by Crippen LogP contribution is 2.25. The van der Waals surface area contributed by atoms with Crippen molar-refractivity contribution in [2.75, 3.05) is 32.8 Å². The van der Waals surface area contributed by atoms with E-state index in [2.05, 4.69) is 10.2 Å². The lowest BCUT2D eigenvalue weighted by Gasteiger charge is -2.29. The highest BCUT2D eigenvalue weighted by Gasteiger charge is 2.36. The molecule has 1 unspecified atom stereocenters. The molecule has 5 nitrogen and oxygen atoms in total. The first-order valence-electron chi connectivity index (χ1n) is 7.48. The summed E-state index contributed by atoms with van der Waals surface area (Å²) in [4.78, 5) is 14.0. The molecule has 0 radical (unpaired) electrons. The normalized spacial score (nSPS) is 24.1. The molecule has 1 saturated heterocycles. The number of nitrogens with zero attached hydrogens (tertiary/aromatic N) is 1. The number of amides is 1. The maximum absolute atomic E-state index is 11.6. The molecule has 0 aromatic carbocycles. The van der Waals surface area contributed by atoms with Crippen LogP contribution in [0.5, 0.6) is 0 Å². The second kappa shape index (κ2) is 6.68. The molecule has 110 valence electrons. The largest absolute Gasteiger partial charge is 0.379 e. The monoisotopic (exact) mass is 269 g/mol. The molecule has 2 fully saturated rings. The molecule has 0 spiro atoms. The number of primary amides is 1. The number of carbonyl (C=O) groups excluding carboxylic acids is 1. The Labute approximate surface area is 115 Å². The number of unbranched alkanes of at least 4 members (excludes halogenated alkanes) is 1. The van der Waals surface area contributed by atoms with E-state index in [0.29, 0.717) is 6.04 Å². The van der Waals surface area contributed by atoms with Crippen LogP contribution in [-0.2, 0) is 9.53 Å². The summed E-state index contributed by atoms with van der Waals surface area (Å²) >= 11 is 0. The quantitative estimate of drug-likeness (QED) is 0.629. The third kappa shape index (κ3) is 4.75. The fourth-order valence-corrected chi connectivity index (χ4v) is 2.58. The molecular weight excluding hydrogens is 242 g/mol. The lowest BCUT2D eigenvalue weighted by atomic mass is 9.93. The molecule has 1 aliphatic carbocycles. The van der Waals surface area contributed by atoms with Crippen molar-refractivity contribution < 1.29 is 9.53 Å². The van der Waals surface area contributed by atoms with Gasteiger partial charge in [-0.3, -0.25) is 9.69 Å². The number of rotatable bonds is 8. The number of ether oxygens (including phenoxy) is 1. The van der Waals surface area contributed by atoms with Gasteiger partial charge in [-0.2, -0.15) is 0 Å². The molecule has 0 aromatic heterocycles. The first-order chi connectivity index (χ1) is 9.10. The van der Waals surface area contributed by atoms with Crippen molar-refractivity contribution in [2.45, 2.75) is 50.6 Å². The van der Waals surface area contributed by atoms with Gasteiger partial charge in [-0.25, -0.2) is 0 Å². The van der Waals surface area contributed by atoms with Gasteiger partial charge in [0.05, 0.1) is 18.8 Å². The first kappa shape index (κ1) is 14.8. The summed E-state index contributed by atoms with van der Waals surface area (Å²) in [5.74, 6) is -0.217. The minimum Gasteiger partial charge on any atom is -0.379 e. The predicted octanol–water partition coefficient (Wildman–Crippen LogP) is 0.485. The minimum atomic E-state index is -0.522. The Morgan fingerprint density at radius 3 is 2.63 bits per heavy atom. The van der Waals surface area contributed by atoms with Gasteiger partial charge in [-0.15, -0.1) is 0 Å². The SMILES string of the molecule is CC(CCCCN1CCOCC1)(NC1CC1)C(N)=O. The highest BCUT2D eigenvalue weighted by molar-refractivity contribution is 5.84. The molecule has 1 atom stereocenters. The van der Waals surface area contributed by atoms with E-state index in [1.165, 1.54) is 12.8 Å². The third-order valence-electron chi connectivity index (χ3n) is 4.15. The molecule has 19 heavy (non-hydrogen) atoms. The van der Waals surface area contributed by atoms with Gasteiger partial charge in [0.2, 0.25) is 5.91 Å². The molecular formula is C14H27N3O2. The number of nitrogens with one attached hydrogen (secondary N) is 1. The van der Waals surface area contributed by atoms with Crippen LogP contribution >= 0.6 is 0 Å². The van der Waals surface area contributed by atoms with E-state index in [9.17, 15) is 4.79 Å². The third-order valence-corrected chi connectivity index (χ3v) is 4.15. The average molecular weight is 269 g/mol. The van der Waals surface area contributed by atoms with E-state index in [0.717, 1.165) is 52.1 Å². The molecule has 0 aromatic rings. The molecule has 2 rings (SSSR count). The van der Waals surface area contributed by atoms with Crippen LogP contribution in [0.25, 0.3) is 0 Å². The van der Waals surface area contributed by atoms with E-state index in [1.54, 1.807) is 0 Å². The Kier molecular flexibility index (Phi) is 5.19. The topological polar surface area (TPSA) is 67.6 Å². The van der Waals surface area contributed by atoms with Crippen molar-refractivity contribution in [1.29, 1.82) is 0 Å². The molecule has 5 heteroatoms. The molecule has 1 aliphatic heterocycles. The zero-order chi connectivity index (χ0) is 13.7. The van der Waals surface area contributed by atoms with Gasteiger partial charge >= 0.3 is 0 Å². The van der Waals surface area contributed by atoms with Crippen LogP contribution in [0.15, 0.2) is 0 Å². The van der Waals surface area contributed by atoms with Crippen molar-refractivity contribution in [2.24, 2.45) is 5.73 Å². The second-order valence-corrected chi connectivity index (χ2v) is 6.03. The van der Waals surface area contributed by atoms with E-state index in [-0.39, 0.29) is 5.91 Å². The summed E-state index contributed by atoms with van der Waals surface area (Å²) in [6.45, 7) is 6.81. The Balaban J connectivity index is 1.65. The second-order valence-electron chi connectivity index (χ2n) is 6.03. The van der Waals surface area contributed by atoms with Crippen LogP contribution in [0.2, 0.25) is 0 Å². The highest BCUT2D eigenvalue weighted by atomic mass is 16.5. The number of hydrogen-bond acceptors (Lipinski definition) is 4. The Hall–Kier alpha value is -0.650. The summed E-state index contributed by atoms with van der Waals surface area (Å²) in [6.07, 6.45) is 5.35. The molecule has 1 heterocycles. The van der Waals surface area contributed by atoms with Gasteiger partial charge in [-0.05, 0) is 45.6 Å². The number of nitrogens with two attached hydrogens (primary N) is 1. The minimum absolute atomic E-state index is 0.217. The van der Waals surface area contributed by atoms with Crippen LogP contribution in [0, 0.1) is 0 Å². The van der Waals surface area contributed by atoms with Crippen LogP contribution < -0.4 is 11.1 Å². The smallest absolute Gasteiger partial charge is 0.237 e. The zero-order valence-electron chi connectivity index (χ0n) is 12.0. The molecule has 0 bridgehead atoms. The van der Waals surface area contributed by atoms with Crippen LogP contribution in [0.3, 0.4) is 0 Å². The molecule has 2 aliphatic rings. The Morgan fingerprint density at radius 1 is 1.37 bits per heavy atom. The lowest BCUT2D eigenvalue weighted by molar-refractivity contribution is -0.124. The summed E-state index contributed by atoms with van der Waals surface area (Å²) in [7, 11) is 0. The number of morpholine rings is 1. The lowest BCUT2D eigenvalue weighted by Crippen LogP contribution is -2.54. The maximum Gasteiger partial charge on any atom is 0.237 e. The van der Waals surface area contributed by atoms with Gasteiger partial charge in [-0.1, -0.05) is 0 Å². The van der Waals surface area contributed by atoms with E-state index < -0.39 is 5.54 Å². The molecule has 3 N–H and O–H groups in total. The van der Waals surface area contributed by atoms with Gasteiger partial charge < -0.3 is 15.8 Å². The number of carbonyl (C=O) groups is 1. The maximum atomic E-state index is 11.6. The molecule has 1 amide bonds. The summed E-state index contributed by atoms with van der Waals surface area (Å²) in [5.41, 5.74) is 5.02. The average Bonchev–Trinajstić information content (AvgIpc) is 3.19.